The lowest BCUT2D eigenvalue weighted by Crippen LogP contribution is -2.08. The van der Waals surface area contributed by atoms with Gasteiger partial charge in [0, 0.05) is 17.3 Å². The van der Waals surface area contributed by atoms with E-state index in [1.54, 1.807) is 0 Å². The van der Waals surface area contributed by atoms with Crippen molar-refractivity contribution in [2.24, 2.45) is 11.7 Å². The quantitative estimate of drug-likeness (QED) is 0.853. The summed E-state index contributed by atoms with van der Waals surface area (Å²) in [6.45, 7) is 5.14. The molecule has 0 amide bonds. The van der Waals surface area contributed by atoms with E-state index < -0.39 is 0 Å². The van der Waals surface area contributed by atoms with Crippen LogP contribution in [-0.4, -0.2) is 4.98 Å². The van der Waals surface area contributed by atoms with Crippen molar-refractivity contribution in [2.45, 2.75) is 52.0 Å². The van der Waals surface area contributed by atoms with Gasteiger partial charge in [-0.15, -0.1) is 11.3 Å². The highest BCUT2D eigenvalue weighted by molar-refractivity contribution is 7.11. The highest BCUT2D eigenvalue weighted by Gasteiger charge is 2.24. The number of thiazole rings is 1. The maximum atomic E-state index is 5.77. The summed E-state index contributed by atoms with van der Waals surface area (Å²) in [5.41, 5.74) is 7.03. The lowest BCUT2D eigenvalue weighted by molar-refractivity contribution is 0.417. The van der Waals surface area contributed by atoms with E-state index in [0.717, 1.165) is 12.3 Å². The Balaban J connectivity index is 2.16. The van der Waals surface area contributed by atoms with Crippen molar-refractivity contribution in [3.63, 3.8) is 0 Å². The Kier molecular flexibility index (Phi) is 3.42. The zero-order chi connectivity index (χ0) is 10.8. The average Bonchev–Trinajstić information content (AvgIpc) is 2.43. The Labute approximate surface area is 95.9 Å². The average molecular weight is 224 g/mol. The van der Waals surface area contributed by atoms with Crippen LogP contribution in [0.2, 0.25) is 0 Å². The van der Waals surface area contributed by atoms with Crippen LogP contribution >= 0.6 is 11.3 Å². The van der Waals surface area contributed by atoms with Crippen LogP contribution in [0.25, 0.3) is 0 Å². The van der Waals surface area contributed by atoms with Gasteiger partial charge in [0.15, 0.2) is 0 Å². The third-order valence-corrected chi connectivity index (χ3v) is 4.32. The molecule has 1 fully saturated rings. The number of aromatic nitrogens is 1. The van der Waals surface area contributed by atoms with E-state index in [-0.39, 0.29) is 0 Å². The molecule has 0 aliphatic heterocycles. The molecule has 0 radical (unpaired) electrons. The van der Waals surface area contributed by atoms with Gasteiger partial charge >= 0.3 is 0 Å². The maximum absolute atomic E-state index is 5.77. The molecule has 2 nitrogen and oxygen atoms in total. The third kappa shape index (κ3) is 2.40. The zero-order valence-corrected chi connectivity index (χ0v) is 10.4. The van der Waals surface area contributed by atoms with Gasteiger partial charge in [0.1, 0.15) is 0 Å². The molecular formula is C12H20N2S. The fraction of sp³-hybridized carbons (Fsp3) is 0.750. The summed E-state index contributed by atoms with van der Waals surface area (Å²) in [7, 11) is 0. The molecule has 3 heteroatoms. The van der Waals surface area contributed by atoms with Crippen LogP contribution in [0.5, 0.6) is 0 Å². The summed E-state index contributed by atoms with van der Waals surface area (Å²) in [4.78, 5) is 6.09. The lowest BCUT2D eigenvalue weighted by Gasteiger charge is -2.22. The van der Waals surface area contributed by atoms with E-state index in [0.29, 0.717) is 12.5 Å². The van der Waals surface area contributed by atoms with Crippen LogP contribution in [0, 0.1) is 5.92 Å². The second-order valence-corrected chi connectivity index (χ2v) is 5.97. The van der Waals surface area contributed by atoms with Crippen LogP contribution in [0.4, 0.5) is 0 Å². The van der Waals surface area contributed by atoms with Gasteiger partial charge in [-0.05, 0) is 25.2 Å². The first kappa shape index (κ1) is 11.1. The summed E-state index contributed by atoms with van der Waals surface area (Å²) in [6.07, 6.45) is 5.12. The smallest absolute Gasteiger partial charge is 0.0962 e. The van der Waals surface area contributed by atoms with Gasteiger partial charge < -0.3 is 5.73 Å². The zero-order valence-electron chi connectivity index (χ0n) is 9.62. The van der Waals surface area contributed by atoms with Gasteiger partial charge in [-0.3, -0.25) is 0 Å². The molecule has 1 aromatic rings. The van der Waals surface area contributed by atoms with Crippen molar-refractivity contribution in [1.29, 1.82) is 0 Å². The van der Waals surface area contributed by atoms with E-state index in [9.17, 15) is 0 Å². The Bertz CT molecular complexity index is 326. The number of hydrogen-bond donors (Lipinski definition) is 1. The van der Waals surface area contributed by atoms with Crippen molar-refractivity contribution in [2.75, 3.05) is 0 Å². The molecule has 0 aromatic carbocycles. The molecule has 0 bridgehead atoms. The summed E-state index contributed by atoms with van der Waals surface area (Å²) in [5, 5.41) is 1.34. The highest BCUT2D eigenvalue weighted by atomic mass is 32.1. The van der Waals surface area contributed by atoms with E-state index in [1.807, 2.05) is 11.3 Å². The lowest BCUT2D eigenvalue weighted by atomic mass is 9.86. The minimum atomic E-state index is 0.659. The highest BCUT2D eigenvalue weighted by Crippen LogP contribution is 2.39. The molecule has 84 valence electrons. The molecule has 1 aliphatic carbocycles. The molecule has 2 N–H and O–H groups in total. The van der Waals surface area contributed by atoms with Gasteiger partial charge in [0.05, 0.1) is 10.7 Å². The fourth-order valence-electron chi connectivity index (χ4n) is 1.94. The first-order chi connectivity index (χ1) is 7.20. The third-order valence-electron chi connectivity index (χ3n) is 3.04. The molecule has 1 saturated carbocycles. The van der Waals surface area contributed by atoms with Gasteiger partial charge in [-0.25, -0.2) is 4.98 Å². The summed E-state index contributed by atoms with van der Waals surface area (Å²) >= 11 is 1.85. The number of nitrogens with zero attached hydrogens (tertiary/aromatic N) is 1. The molecular weight excluding hydrogens is 204 g/mol. The molecule has 2 rings (SSSR count). The normalized spacial score (nSPS) is 17.1. The van der Waals surface area contributed by atoms with Crippen LogP contribution in [0.15, 0.2) is 0 Å². The first-order valence-corrected chi connectivity index (χ1v) is 6.71. The number of hydrogen-bond acceptors (Lipinski definition) is 3. The summed E-state index contributed by atoms with van der Waals surface area (Å²) in [5.74, 6) is 1.42. The van der Waals surface area contributed by atoms with Crippen LogP contribution in [0.1, 0.15) is 54.6 Å². The van der Waals surface area contributed by atoms with E-state index in [4.69, 9.17) is 10.7 Å². The van der Waals surface area contributed by atoms with Crippen molar-refractivity contribution >= 4 is 11.3 Å². The Morgan fingerprint density at radius 2 is 2.20 bits per heavy atom. The molecule has 1 aromatic heterocycles. The van der Waals surface area contributed by atoms with Gasteiger partial charge in [-0.2, -0.15) is 0 Å². The molecule has 0 atom stereocenters. The number of nitrogens with two attached hydrogens (primary N) is 1. The number of rotatable bonds is 4. The van der Waals surface area contributed by atoms with Crippen molar-refractivity contribution in [1.82, 2.24) is 4.98 Å². The van der Waals surface area contributed by atoms with Crippen molar-refractivity contribution in [3.8, 4) is 0 Å². The van der Waals surface area contributed by atoms with Crippen molar-refractivity contribution < 1.29 is 0 Å². The topological polar surface area (TPSA) is 38.9 Å². The van der Waals surface area contributed by atoms with E-state index in [1.165, 1.54) is 34.8 Å². The van der Waals surface area contributed by atoms with Crippen LogP contribution < -0.4 is 5.73 Å². The Morgan fingerprint density at radius 1 is 1.47 bits per heavy atom. The van der Waals surface area contributed by atoms with Crippen LogP contribution in [-0.2, 0) is 13.0 Å². The second kappa shape index (κ2) is 4.62. The molecule has 0 spiro atoms. The largest absolute Gasteiger partial charge is 0.326 e. The van der Waals surface area contributed by atoms with Gasteiger partial charge in [0.2, 0.25) is 0 Å². The second-order valence-electron chi connectivity index (χ2n) is 4.85. The molecule has 15 heavy (non-hydrogen) atoms. The van der Waals surface area contributed by atoms with E-state index in [2.05, 4.69) is 13.8 Å². The van der Waals surface area contributed by atoms with Gasteiger partial charge in [0.25, 0.3) is 0 Å². The predicted octanol–water partition coefficient (Wildman–Crippen LogP) is 3.07. The summed E-state index contributed by atoms with van der Waals surface area (Å²) < 4.78 is 0. The Hall–Kier alpha value is -0.410. The molecule has 0 unspecified atom stereocenters. The monoisotopic (exact) mass is 224 g/mol. The molecule has 0 saturated heterocycles. The van der Waals surface area contributed by atoms with E-state index >= 15 is 0 Å². The Morgan fingerprint density at radius 3 is 2.67 bits per heavy atom. The van der Waals surface area contributed by atoms with Crippen molar-refractivity contribution in [3.05, 3.63) is 15.6 Å². The molecule has 1 aliphatic rings. The van der Waals surface area contributed by atoms with Gasteiger partial charge in [-0.1, -0.05) is 20.3 Å². The van der Waals surface area contributed by atoms with Crippen LogP contribution in [0.3, 0.4) is 0 Å². The minimum absolute atomic E-state index is 0.659. The summed E-state index contributed by atoms with van der Waals surface area (Å²) in [6, 6.07) is 0. The molecule has 1 heterocycles. The fourth-order valence-corrected chi connectivity index (χ4v) is 3.08. The standard InChI is InChI=1S/C12H20N2S/c1-8(2)6-10-11(7-13)15-12(14-10)9-4-3-5-9/h8-9H,3-7,13H2,1-2H3. The SMILES string of the molecule is CC(C)Cc1nc(C2CCC2)sc1CN. The maximum Gasteiger partial charge on any atom is 0.0962 e. The predicted molar refractivity (Wildman–Crippen MR) is 65.1 cm³/mol. The minimum Gasteiger partial charge on any atom is -0.326 e. The first-order valence-electron chi connectivity index (χ1n) is 5.89.